The van der Waals surface area contributed by atoms with E-state index in [9.17, 15) is 4.39 Å². The SMILES string of the molecule is CC.Fc1ccc(CNCc2ccccc2)cc1. The molecule has 0 aliphatic carbocycles. The summed E-state index contributed by atoms with van der Waals surface area (Å²) in [6.45, 7) is 5.59. The van der Waals surface area contributed by atoms with Gasteiger partial charge in [-0.3, -0.25) is 0 Å². The Morgan fingerprint density at radius 2 is 1.28 bits per heavy atom. The first-order valence-electron chi connectivity index (χ1n) is 6.34. The molecule has 0 heterocycles. The zero-order chi connectivity index (χ0) is 13.2. The molecule has 0 unspecified atom stereocenters. The molecular formula is C16H20FN. The zero-order valence-corrected chi connectivity index (χ0v) is 11.0. The van der Waals surface area contributed by atoms with Crippen molar-refractivity contribution in [3.63, 3.8) is 0 Å². The zero-order valence-electron chi connectivity index (χ0n) is 11.0. The number of rotatable bonds is 4. The van der Waals surface area contributed by atoms with E-state index in [4.69, 9.17) is 0 Å². The van der Waals surface area contributed by atoms with Crippen LogP contribution in [0.1, 0.15) is 25.0 Å². The molecule has 0 saturated heterocycles. The molecule has 0 aliphatic rings. The van der Waals surface area contributed by atoms with Crippen LogP contribution in [0.3, 0.4) is 0 Å². The fraction of sp³-hybridized carbons (Fsp3) is 0.250. The van der Waals surface area contributed by atoms with Gasteiger partial charge in [-0.2, -0.15) is 0 Å². The average Bonchev–Trinajstić information content (AvgIpc) is 2.44. The molecule has 0 atom stereocenters. The summed E-state index contributed by atoms with van der Waals surface area (Å²) in [5, 5.41) is 3.31. The van der Waals surface area contributed by atoms with Crippen LogP contribution in [0.5, 0.6) is 0 Å². The second-order valence-electron chi connectivity index (χ2n) is 3.72. The molecule has 2 rings (SSSR count). The van der Waals surface area contributed by atoms with Gasteiger partial charge in [0.25, 0.3) is 0 Å². The topological polar surface area (TPSA) is 12.0 Å². The molecule has 18 heavy (non-hydrogen) atoms. The Labute approximate surface area is 109 Å². The molecule has 0 spiro atoms. The first kappa shape index (κ1) is 14.4. The third-order valence-corrected chi connectivity index (χ3v) is 2.41. The highest BCUT2D eigenvalue weighted by Gasteiger charge is 1.94. The van der Waals surface area contributed by atoms with E-state index in [1.807, 2.05) is 32.0 Å². The van der Waals surface area contributed by atoms with E-state index >= 15 is 0 Å². The fourth-order valence-corrected chi connectivity index (χ4v) is 1.55. The molecular weight excluding hydrogens is 225 g/mol. The van der Waals surface area contributed by atoms with Gasteiger partial charge in [0.1, 0.15) is 5.82 Å². The van der Waals surface area contributed by atoms with Gasteiger partial charge < -0.3 is 5.32 Å². The molecule has 96 valence electrons. The Kier molecular flexibility index (Phi) is 6.74. The summed E-state index contributed by atoms with van der Waals surface area (Å²) in [7, 11) is 0. The van der Waals surface area contributed by atoms with Gasteiger partial charge >= 0.3 is 0 Å². The molecule has 0 bridgehead atoms. The van der Waals surface area contributed by atoms with Gasteiger partial charge in [-0.1, -0.05) is 56.3 Å². The molecule has 2 heteroatoms. The van der Waals surface area contributed by atoms with E-state index in [0.29, 0.717) is 0 Å². The summed E-state index contributed by atoms with van der Waals surface area (Å²) < 4.78 is 12.7. The van der Waals surface area contributed by atoms with Crippen molar-refractivity contribution in [2.24, 2.45) is 0 Å². The molecule has 0 radical (unpaired) electrons. The van der Waals surface area contributed by atoms with Crippen LogP contribution < -0.4 is 5.32 Å². The quantitative estimate of drug-likeness (QED) is 0.853. The van der Waals surface area contributed by atoms with Crippen LogP contribution in [0.4, 0.5) is 4.39 Å². The van der Waals surface area contributed by atoms with Gasteiger partial charge in [0.05, 0.1) is 0 Å². The van der Waals surface area contributed by atoms with Crippen molar-refractivity contribution in [1.82, 2.24) is 5.32 Å². The lowest BCUT2D eigenvalue weighted by Crippen LogP contribution is -2.12. The smallest absolute Gasteiger partial charge is 0.123 e. The highest BCUT2D eigenvalue weighted by molar-refractivity contribution is 5.17. The monoisotopic (exact) mass is 245 g/mol. The molecule has 0 amide bonds. The normalized spacial score (nSPS) is 9.50. The Balaban J connectivity index is 0.000000771. The summed E-state index contributed by atoms with van der Waals surface area (Å²) in [6.07, 6.45) is 0. The molecule has 0 aromatic heterocycles. The van der Waals surface area contributed by atoms with E-state index < -0.39 is 0 Å². The number of benzene rings is 2. The predicted octanol–water partition coefficient (Wildman–Crippen LogP) is 4.14. The maximum atomic E-state index is 12.7. The summed E-state index contributed by atoms with van der Waals surface area (Å²) in [5.41, 5.74) is 2.35. The maximum absolute atomic E-state index is 12.7. The molecule has 2 aromatic carbocycles. The van der Waals surface area contributed by atoms with Crippen LogP contribution in [0.2, 0.25) is 0 Å². The Hall–Kier alpha value is -1.67. The van der Waals surface area contributed by atoms with Gasteiger partial charge in [0.2, 0.25) is 0 Å². The van der Waals surface area contributed by atoms with Gasteiger partial charge in [-0.15, -0.1) is 0 Å². The van der Waals surface area contributed by atoms with E-state index in [0.717, 1.165) is 18.7 Å². The van der Waals surface area contributed by atoms with Crippen molar-refractivity contribution >= 4 is 0 Å². The Morgan fingerprint density at radius 1 is 0.778 bits per heavy atom. The van der Waals surface area contributed by atoms with Crippen LogP contribution in [0, 0.1) is 5.82 Å². The first-order valence-corrected chi connectivity index (χ1v) is 6.34. The molecule has 2 aromatic rings. The lowest BCUT2D eigenvalue weighted by molar-refractivity contribution is 0.625. The predicted molar refractivity (Wildman–Crippen MR) is 74.7 cm³/mol. The highest BCUT2D eigenvalue weighted by atomic mass is 19.1. The van der Waals surface area contributed by atoms with Gasteiger partial charge in [-0.05, 0) is 23.3 Å². The van der Waals surface area contributed by atoms with Crippen molar-refractivity contribution < 1.29 is 4.39 Å². The molecule has 1 nitrogen and oxygen atoms in total. The van der Waals surface area contributed by atoms with Crippen molar-refractivity contribution in [2.75, 3.05) is 0 Å². The third-order valence-electron chi connectivity index (χ3n) is 2.41. The van der Waals surface area contributed by atoms with E-state index in [2.05, 4.69) is 17.4 Å². The van der Waals surface area contributed by atoms with E-state index in [1.165, 1.54) is 17.7 Å². The minimum Gasteiger partial charge on any atom is -0.309 e. The van der Waals surface area contributed by atoms with E-state index in [1.54, 1.807) is 12.1 Å². The summed E-state index contributed by atoms with van der Waals surface area (Å²) in [5.74, 6) is -0.188. The minimum absolute atomic E-state index is 0.188. The molecule has 0 fully saturated rings. The van der Waals surface area contributed by atoms with Gasteiger partial charge in [-0.25, -0.2) is 4.39 Å². The van der Waals surface area contributed by atoms with Crippen molar-refractivity contribution in [2.45, 2.75) is 26.9 Å². The second-order valence-corrected chi connectivity index (χ2v) is 3.72. The summed E-state index contributed by atoms with van der Waals surface area (Å²) in [6, 6.07) is 16.8. The Morgan fingerprint density at radius 3 is 1.83 bits per heavy atom. The van der Waals surface area contributed by atoms with Crippen molar-refractivity contribution in [3.8, 4) is 0 Å². The molecule has 0 saturated carbocycles. The molecule has 1 N–H and O–H groups in total. The van der Waals surface area contributed by atoms with Gasteiger partial charge in [0, 0.05) is 13.1 Å². The largest absolute Gasteiger partial charge is 0.309 e. The number of halogens is 1. The lowest BCUT2D eigenvalue weighted by atomic mass is 10.2. The summed E-state index contributed by atoms with van der Waals surface area (Å²) in [4.78, 5) is 0. The van der Waals surface area contributed by atoms with Crippen molar-refractivity contribution in [1.29, 1.82) is 0 Å². The van der Waals surface area contributed by atoms with Crippen LogP contribution in [0.15, 0.2) is 54.6 Å². The van der Waals surface area contributed by atoms with Crippen molar-refractivity contribution in [3.05, 3.63) is 71.5 Å². The lowest BCUT2D eigenvalue weighted by Gasteiger charge is -2.04. The minimum atomic E-state index is -0.188. The van der Waals surface area contributed by atoms with E-state index in [-0.39, 0.29) is 5.82 Å². The summed E-state index contributed by atoms with van der Waals surface area (Å²) >= 11 is 0. The van der Waals surface area contributed by atoms with Gasteiger partial charge in [0.15, 0.2) is 0 Å². The van der Waals surface area contributed by atoms with Crippen LogP contribution in [-0.4, -0.2) is 0 Å². The fourth-order valence-electron chi connectivity index (χ4n) is 1.55. The number of nitrogens with one attached hydrogen (secondary N) is 1. The highest BCUT2D eigenvalue weighted by Crippen LogP contribution is 2.03. The third kappa shape index (κ3) is 5.11. The average molecular weight is 245 g/mol. The van der Waals surface area contributed by atoms with Crippen LogP contribution >= 0.6 is 0 Å². The Bertz CT molecular complexity index is 423. The number of hydrogen-bond donors (Lipinski definition) is 1. The maximum Gasteiger partial charge on any atom is 0.123 e. The molecule has 0 aliphatic heterocycles. The second kappa shape index (κ2) is 8.43. The van der Waals surface area contributed by atoms with Crippen LogP contribution in [0.25, 0.3) is 0 Å². The van der Waals surface area contributed by atoms with Crippen LogP contribution in [-0.2, 0) is 13.1 Å². The standard InChI is InChI=1S/C14H14FN.C2H6/c15-14-8-6-13(7-9-14)11-16-10-12-4-2-1-3-5-12;1-2/h1-9,16H,10-11H2;1-2H3. The first-order chi connectivity index (χ1) is 8.84. The number of hydrogen-bond acceptors (Lipinski definition) is 1.